The van der Waals surface area contributed by atoms with Gasteiger partial charge in [0.1, 0.15) is 12.4 Å². The fourth-order valence-corrected chi connectivity index (χ4v) is 3.61. The predicted octanol–water partition coefficient (Wildman–Crippen LogP) is 5.72. The molecule has 0 atom stereocenters. The zero-order chi connectivity index (χ0) is 19.7. The van der Waals surface area contributed by atoms with Gasteiger partial charge in [0, 0.05) is 15.7 Å². The van der Waals surface area contributed by atoms with Crippen molar-refractivity contribution in [2.24, 2.45) is 0 Å². The van der Waals surface area contributed by atoms with Gasteiger partial charge in [-0.25, -0.2) is 4.98 Å². The van der Waals surface area contributed by atoms with Gasteiger partial charge in [0.25, 0.3) is 0 Å². The van der Waals surface area contributed by atoms with E-state index in [9.17, 15) is 4.79 Å². The lowest BCUT2D eigenvalue weighted by molar-refractivity contribution is -0.116. The van der Waals surface area contributed by atoms with Gasteiger partial charge in [-0.1, -0.05) is 57.9 Å². The van der Waals surface area contributed by atoms with E-state index < -0.39 is 0 Å². The number of nitrogens with zero attached hydrogens (tertiary/aromatic N) is 2. The molecule has 0 aliphatic heterocycles. The number of anilines is 1. The molecule has 140 valence electrons. The lowest BCUT2D eigenvalue weighted by Crippen LogP contribution is -2.19. The first-order valence-electron chi connectivity index (χ1n) is 9.09. The zero-order valence-corrected chi connectivity index (χ0v) is 17.3. The molecule has 1 aromatic heterocycles. The molecule has 0 spiro atoms. The molecule has 1 amide bonds. The van der Waals surface area contributed by atoms with E-state index in [2.05, 4.69) is 27.3 Å². The standard InChI is InChI=1S/C23H20BrN3O/c1-15-7-12-19(16(2)13-15)25-22(28)14-27-21-6-4-3-5-20(21)26-23(27)17-8-10-18(24)11-9-17/h3-13H,14H2,1-2H3,(H,25,28). The van der Waals surface area contributed by atoms with Gasteiger partial charge in [0.05, 0.1) is 11.0 Å². The quantitative estimate of drug-likeness (QED) is 0.447. The molecular weight excluding hydrogens is 414 g/mol. The molecule has 4 aromatic rings. The Morgan fingerprint density at radius 2 is 1.79 bits per heavy atom. The summed E-state index contributed by atoms with van der Waals surface area (Å²) in [7, 11) is 0. The first-order valence-corrected chi connectivity index (χ1v) is 9.89. The Labute approximate surface area is 172 Å². The summed E-state index contributed by atoms with van der Waals surface area (Å²) in [5.74, 6) is 0.706. The van der Waals surface area contributed by atoms with E-state index in [0.29, 0.717) is 0 Å². The van der Waals surface area contributed by atoms with Crippen LogP contribution in [0.1, 0.15) is 11.1 Å². The number of imidazole rings is 1. The first kappa shape index (κ1) is 18.4. The Hall–Kier alpha value is -2.92. The second kappa shape index (κ2) is 7.60. The van der Waals surface area contributed by atoms with Crippen molar-refractivity contribution in [3.05, 3.63) is 82.3 Å². The van der Waals surface area contributed by atoms with E-state index >= 15 is 0 Å². The first-order chi connectivity index (χ1) is 13.5. The molecule has 0 aliphatic rings. The third-order valence-corrected chi connectivity index (χ3v) is 5.24. The van der Waals surface area contributed by atoms with Gasteiger partial charge in [-0.3, -0.25) is 4.79 Å². The van der Waals surface area contributed by atoms with E-state index in [-0.39, 0.29) is 12.5 Å². The average molecular weight is 434 g/mol. The summed E-state index contributed by atoms with van der Waals surface area (Å²) in [5.41, 5.74) is 5.85. The van der Waals surface area contributed by atoms with Crippen LogP contribution in [0, 0.1) is 13.8 Å². The van der Waals surface area contributed by atoms with Crippen LogP contribution in [0.3, 0.4) is 0 Å². The molecule has 4 nitrogen and oxygen atoms in total. The number of para-hydroxylation sites is 2. The minimum atomic E-state index is -0.0755. The Balaban J connectivity index is 1.70. The maximum atomic E-state index is 12.8. The van der Waals surface area contributed by atoms with E-state index in [0.717, 1.165) is 38.1 Å². The molecule has 1 N–H and O–H groups in total. The third-order valence-electron chi connectivity index (χ3n) is 4.71. The monoisotopic (exact) mass is 433 g/mol. The van der Waals surface area contributed by atoms with Crippen molar-refractivity contribution in [3.63, 3.8) is 0 Å². The Kier molecular flexibility index (Phi) is 5.01. The second-order valence-electron chi connectivity index (χ2n) is 6.88. The summed E-state index contributed by atoms with van der Waals surface area (Å²) in [4.78, 5) is 17.6. The van der Waals surface area contributed by atoms with Crippen molar-refractivity contribution < 1.29 is 4.79 Å². The Bertz CT molecular complexity index is 1160. The molecule has 0 saturated carbocycles. The number of nitrogens with one attached hydrogen (secondary N) is 1. The number of carbonyl (C=O) groups excluding carboxylic acids is 1. The minimum absolute atomic E-state index is 0.0755. The summed E-state index contributed by atoms with van der Waals surface area (Å²) in [6.45, 7) is 4.24. The minimum Gasteiger partial charge on any atom is -0.324 e. The molecule has 4 rings (SSSR count). The van der Waals surface area contributed by atoms with Crippen LogP contribution >= 0.6 is 15.9 Å². The Morgan fingerprint density at radius 1 is 1.04 bits per heavy atom. The highest BCUT2D eigenvalue weighted by atomic mass is 79.9. The maximum Gasteiger partial charge on any atom is 0.244 e. The zero-order valence-electron chi connectivity index (χ0n) is 15.7. The fraction of sp³-hybridized carbons (Fsp3) is 0.130. The summed E-state index contributed by atoms with van der Waals surface area (Å²) in [5, 5.41) is 3.03. The second-order valence-corrected chi connectivity index (χ2v) is 7.80. The van der Waals surface area contributed by atoms with Crippen LogP contribution in [0.25, 0.3) is 22.4 Å². The number of aromatic nitrogens is 2. The van der Waals surface area contributed by atoms with Crippen molar-refractivity contribution in [2.75, 3.05) is 5.32 Å². The number of amides is 1. The van der Waals surface area contributed by atoms with Gasteiger partial charge >= 0.3 is 0 Å². The average Bonchev–Trinajstić information content (AvgIpc) is 3.03. The van der Waals surface area contributed by atoms with Gasteiger partial charge < -0.3 is 9.88 Å². The van der Waals surface area contributed by atoms with E-state index in [1.807, 2.05) is 79.1 Å². The van der Waals surface area contributed by atoms with E-state index in [1.54, 1.807) is 0 Å². The lowest BCUT2D eigenvalue weighted by atomic mass is 10.1. The van der Waals surface area contributed by atoms with Crippen molar-refractivity contribution >= 4 is 38.6 Å². The number of halogens is 1. The largest absolute Gasteiger partial charge is 0.324 e. The van der Waals surface area contributed by atoms with Crippen LogP contribution < -0.4 is 5.32 Å². The fourth-order valence-electron chi connectivity index (χ4n) is 3.34. The molecule has 0 aliphatic carbocycles. The SMILES string of the molecule is Cc1ccc(NC(=O)Cn2c(-c3ccc(Br)cc3)nc3ccccc32)c(C)c1. The molecule has 3 aromatic carbocycles. The van der Waals surface area contributed by atoms with Crippen LogP contribution in [0.5, 0.6) is 0 Å². The number of rotatable bonds is 4. The van der Waals surface area contributed by atoms with Crippen molar-refractivity contribution in [1.29, 1.82) is 0 Å². The van der Waals surface area contributed by atoms with Crippen LogP contribution in [0.4, 0.5) is 5.69 Å². The van der Waals surface area contributed by atoms with Crippen LogP contribution in [-0.2, 0) is 11.3 Å². The Morgan fingerprint density at radius 3 is 2.54 bits per heavy atom. The van der Waals surface area contributed by atoms with Crippen molar-refractivity contribution in [2.45, 2.75) is 20.4 Å². The number of hydrogen-bond acceptors (Lipinski definition) is 2. The normalized spacial score (nSPS) is 11.0. The summed E-state index contributed by atoms with van der Waals surface area (Å²) in [6.07, 6.45) is 0. The molecule has 28 heavy (non-hydrogen) atoms. The topological polar surface area (TPSA) is 46.9 Å². The molecule has 5 heteroatoms. The number of aryl methyl sites for hydroxylation is 2. The van der Waals surface area contributed by atoms with Crippen molar-refractivity contribution in [1.82, 2.24) is 9.55 Å². The summed E-state index contributed by atoms with van der Waals surface area (Å²) in [6, 6.07) is 21.9. The molecular formula is C23H20BrN3O. The number of hydrogen-bond donors (Lipinski definition) is 1. The van der Waals surface area contributed by atoms with Gasteiger partial charge in [-0.05, 0) is 49.7 Å². The van der Waals surface area contributed by atoms with Crippen LogP contribution in [0.15, 0.2) is 71.2 Å². The van der Waals surface area contributed by atoms with Gasteiger partial charge in [-0.15, -0.1) is 0 Å². The molecule has 0 bridgehead atoms. The highest BCUT2D eigenvalue weighted by Crippen LogP contribution is 2.26. The third kappa shape index (κ3) is 3.71. The van der Waals surface area contributed by atoms with Crippen LogP contribution in [0.2, 0.25) is 0 Å². The number of benzene rings is 3. The highest BCUT2D eigenvalue weighted by molar-refractivity contribution is 9.10. The smallest absolute Gasteiger partial charge is 0.244 e. The van der Waals surface area contributed by atoms with Gasteiger partial charge in [0.15, 0.2) is 0 Å². The maximum absolute atomic E-state index is 12.8. The lowest BCUT2D eigenvalue weighted by Gasteiger charge is -2.12. The number of carbonyl (C=O) groups is 1. The highest BCUT2D eigenvalue weighted by Gasteiger charge is 2.15. The molecule has 0 saturated heterocycles. The molecule has 1 heterocycles. The van der Waals surface area contributed by atoms with E-state index in [1.165, 1.54) is 5.56 Å². The predicted molar refractivity (Wildman–Crippen MR) is 117 cm³/mol. The molecule has 0 fully saturated rings. The molecule has 0 unspecified atom stereocenters. The molecule has 0 radical (unpaired) electrons. The summed E-state index contributed by atoms with van der Waals surface area (Å²) < 4.78 is 2.98. The number of fused-ring (bicyclic) bond motifs is 1. The van der Waals surface area contributed by atoms with Gasteiger partial charge in [-0.2, -0.15) is 0 Å². The van der Waals surface area contributed by atoms with E-state index in [4.69, 9.17) is 4.98 Å². The van der Waals surface area contributed by atoms with Crippen molar-refractivity contribution in [3.8, 4) is 11.4 Å². The van der Waals surface area contributed by atoms with Gasteiger partial charge in [0.2, 0.25) is 5.91 Å². The summed E-state index contributed by atoms with van der Waals surface area (Å²) >= 11 is 3.47. The van der Waals surface area contributed by atoms with Crippen LogP contribution in [-0.4, -0.2) is 15.5 Å².